The summed E-state index contributed by atoms with van der Waals surface area (Å²) in [5, 5.41) is 3.50. The fourth-order valence-corrected chi connectivity index (χ4v) is 1.80. The largest absolute Gasteiger partial charge is 0.494 e. The molecule has 1 aromatic carbocycles. The molecule has 0 spiro atoms. The fourth-order valence-electron chi connectivity index (χ4n) is 1.80. The zero-order chi connectivity index (χ0) is 12.7. The summed E-state index contributed by atoms with van der Waals surface area (Å²) in [5.74, 6) is 0.980. The Morgan fingerprint density at radius 2 is 2.00 bits per heavy atom. The molecular formula is C15H25NO. The van der Waals surface area contributed by atoms with Crippen LogP contribution in [0.15, 0.2) is 24.3 Å². The van der Waals surface area contributed by atoms with Crippen LogP contribution in [0.5, 0.6) is 5.75 Å². The molecule has 1 aromatic rings. The van der Waals surface area contributed by atoms with Gasteiger partial charge in [0.15, 0.2) is 0 Å². The van der Waals surface area contributed by atoms with Gasteiger partial charge in [-0.3, -0.25) is 0 Å². The predicted octanol–water partition coefficient (Wildman–Crippen LogP) is 3.92. The number of hydrogen-bond acceptors (Lipinski definition) is 2. The van der Waals surface area contributed by atoms with Gasteiger partial charge in [-0.1, -0.05) is 39.3 Å². The first kappa shape index (κ1) is 14.0. The van der Waals surface area contributed by atoms with E-state index in [1.54, 1.807) is 0 Å². The number of hydrogen-bond donors (Lipinski definition) is 1. The molecule has 0 saturated carbocycles. The Bertz CT molecular complexity index is 322. The van der Waals surface area contributed by atoms with Crippen LogP contribution in [0.1, 0.15) is 52.1 Å². The monoisotopic (exact) mass is 235 g/mol. The van der Waals surface area contributed by atoms with E-state index in [9.17, 15) is 0 Å². The van der Waals surface area contributed by atoms with Gasteiger partial charge in [-0.05, 0) is 31.0 Å². The minimum atomic E-state index is 0.365. The van der Waals surface area contributed by atoms with Gasteiger partial charge in [-0.25, -0.2) is 0 Å². The summed E-state index contributed by atoms with van der Waals surface area (Å²) in [6.45, 7) is 9.50. The molecule has 2 heteroatoms. The number of benzene rings is 1. The summed E-state index contributed by atoms with van der Waals surface area (Å²) < 4.78 is 5.71. The summed E-state index contributed by atoms with van der Waals surface area (Å²) in [7, 11) is 0. The van der Waals surface area contributed by atoms with E-state index >= 15 is 0 Å². The minimum absolute atomic E-state index is 0.365. The average molecular weight is 235 g/mol. The molecule has 0 aromatic heterocycles. The third kappa shape index (κ3) is 5.22. The van der Waals surface area contributed by atoms with Crippen molar-refractivity contribution in [2.24, 2.45) is 0 Å². The lowest BCUT2D eigenvalue weighted by Gasteiger charge is -2.18. The first-order chi connectivity index (χ1) is 8.13. The van der Waals surface area contributed by atoms with Gasteiger partial charge in [0.25, 0.3) is 0 Å². The Morgan fingerprint density at radius 3 is 2.65 bits per heavy atom. The molecule has 0 bridgehead atoms. The molecule has 0 aliphatic heterocycles. The number of rotatable bonds is 7. The molecular weight excluding hydrogens is 210 g/mol. The molecule has 0 saturated heterocycles. The smallest absolute Gasteiger partial charge is 0.119 e. The van der Waals surface area contributed by atoms with Gasteiger partial charge in [0.1, 0.15) is 5.75 Å². The Kier molecular flexibility index (Phi) is 6.06. The van der Waals surface area contributed by atoms with Crippen LogP contribution in [0, 0.1) is 0 Å². The van der Waals surface area contributed by atoms with Crippen molar-refractivity contribution in [3.05, 3.63) is 29.8 Å². The molecule has 2 nitrogen and oxygen atoms in total. The lowest BCUT2D eigenvalue weighted by atomic mass is 10.1. The highest BCUT2D eigenvalue weighted by atomic mass is 16.5. The van der Waals surface area contributed by atoms with E-state index in [0.29, 0.717) is 12.1 Å². The molecule has 0 radical (unpaired) electrons. The topological polar surface area (TPSA) is 21.3 Å². The van der Waals surface area contributed by atoms with Crippen LogP contribution < -0.4 is 10.1 Å². The van der Waals surface area contributed by atoms with E-state index < -0.39 is 0 Å². The van der Waals surface area contributed by atoms with Crippen LogP contribution in [0.25, 0.3) is 0 Å². The van der Waals surface area contributed by atoms with Crippen molar-refractivity contribution < 1.29 is 4.74 Å². The van der Waals surface area contributed by atoms with Crippen LogP contribution in [0.4, 0.5) is 0 Å². The summed E-state index contributed by atoms with van der Waals surface area (Å²) in [6, 6.07) is 9.23. The average Bonchev–Trinajstić information content (AvgIpc) is 2.29. The van der Waals surface area contributed by atoms with E-state index in [1.165, 1.54) is 12.0 Å². The summed E-state index contributed by atoms with van der Waals surface area (Å²) in [4.78, 5) is 0. The fraction of sp³-hybridized carbons (Fsp3) is 0.600. The first-order valence-corrected chi connectivity index (χ1v) is 6.62. The third-order valence-electron chi connectivity index (χ3n) is 2.71. The number of unbranched alkanes of at least 4 members (excludes halogenated alkanes) is 1. The summed E-state index contributed by atoms with van der Waals surface area (Å²) in [6.07, 6.45) is 2.29. The number of ether oxygens (including phenoxy) is 1. The van der Waals surface area contributed by atoms with Gasteiger partial charge in [-0.15, -0.1) is 0 Å². The Balaban J connectivity index is 2.58. The second kappa shape index (κ2) is 7.33. The van der Waals surface area contributed by atoms with Gasteiger partial charge in [-0.2, -0.15) is 0 Å². The second-order valence-corrected chi connectivity index (χ2v) is 4.82. The van der Waals surface area contributed by atoms with E-state index in [4.69, 9.17) is 4.74 Å². The van der Waals surface area contributed by atoms with Crippen LogP contribution in [-0.4, -0.2) is 12.6 Å². The molecule has 0 aliphatic carbocycles. The molecule has 96 valence electrons. The molecule has 0 amide bonds. The van der Waals surface area contributed by atoms with Gasteiger partial charge >= 0.3 is 0 Å². The molecule has 0 aliphatic rings. The van der Waals surface area contributed by atoms with Crippen LogP contribution in [-0.2, 0) is 0 Å². The quantitative estimate of drug-likeness (QED) is 0.723. The lowest BCUT2D eigenvalue weighted by Crippen LogP contribution is -2.25. The highest BCUT2D eigenvalue weighted by Gasteiger charge is 2.07. The minimum Gasteiger partial charge on any atom is -0.494 e. The molecule has 1 atom stereocenters. The highest BCUT2D eigenvalue weighted by Crippen LogP contribution is 2.19. The highest BCUT2D eigenvalue weighted by molar-refractivity contribution is 5.30. The maximum Gasteiger partial charge on any atom is 0.119 e. The molecule has 0 heterocycles. The zero-order valence-electron chi connectivity index (χ0n) is 11.5. The Hall–Kier alpha value is -1.02. The molecule has 1 unspecified atom stereocenters. The first-order valence-electron chi connectivity index (χ1n) is 6.62. The molecule has 0 fully saturated rings. The van der Waals surface area contributed by atoms with Crippen LogP contribution in [0.3, 0.4) is 0 Å². The summed E-state index contributed by atoms with van der Waals surface area (Å²) >= 11 is 0. The van der Waals surface area contributed by atoms with Crippen molar-refractivity contribution in [1.29, 1.82) is 0 Å². The standard InChI is InChI=1S/C15H25NO/c1-5-6-10-17-15-9-7-8-14(11-15)13(4)16-12(2)3/h7-9,11-13,16H,5-6,10H2,1-4H3. The molecule has 1 rings (SSSR count). The SMILES string of the molecule is CCCCOc1cccc(C(C)NC(C)C)c1. The van der Waals surface area contributed by atoms with Gasteiger partial charge in [0.2, 0.25) is 0 Å². The van der Waals surface area contributed by atoms with Crippen molar-refractivity contribution in [2.75, 3.05) is 6.61 Å². The van der Waals surface area contributed by atoms with Gasteiger partial charge in [0.05, 0.1) is 6.61 Å². The Morgan fingerprint density at radius 1 is 1.24 bits per heavy atom. The van der Waals surface area contributed by atoms with Crippen LogP contribution >= 0.6 is 0 Å². The van der Waals surface area contributed by atoms with Crippen molar-refractivity contribution in [3.8, 4) is 5.75 Å². The molecule has 1 N–H and O–H groups in total. The maximum absolute atomic E-state index is 5.71. The van der Waals surface area contributed by atoms with E-state index in [1.807, 2.05) is 6.07 Å². The molecule has 17 heavy (non-hydrogen) atoms. The van der Waals surface area contributed by atoms with E-state index in [-0.39, 0.29) is 0 Å². The van der Waals surface area contributed by atoms with Crippen molar-refractivity contribution >= 4 is 0 Å². The normalized spacial score (nSPS) is 12.8. The second-order valence-electron chi connectivity index (χ2n) is 4.82. The lowest BCUT2D eigenvalue weighted by molar-refractivity contribution is 0.308. The van der Waals surface area contributed by atoms with E-state index in [0.717, 1.165) is 18.8 Å². The zero-order valence-corrected chi connectivity index (χ0v) is 11.5. The maximum atomic E-state index is 5.71. The van der Waals surface area contributed by atoms with Gasteiger partial charge < -0.3 is 10.1 Å². The van der Waals surface area contributed by atoms with E-state index in [2.05, 4.69) is 51.2 Å². The van der Waals surface area contributed by atoms with Crippen molar-refractivity contribution in [1.82, 2.24) is 5.32 Å². The third-order valence-corrected chi connectivity index (χ3v) is 2.71. The Labute approximate surface area is 105 Å². The van der Waals surface area contributed by atoms with Crippen LogP contribution in [0.2, 0.25) is 0 Å². The van der Waals surface area contributed by atoms with Crippen molar-refractivity contribution in [2.45, 2.75) is 52.6 Å². The number of nitrogens with one attached hydrogen (secondary N) is 1. The van der Waals surface area contributed by atoms with Gasteiger partial charge in [0, 0.05) is 12.1 Å². The predicted molar refractivity (Wildman–Crippen MR) is 73.5 cm³/mol. The summed E-state index contributed by atoms with van der Waals surface area (Å²) in [5.41, 5.74) is 1.28. The van der Waals surface area contributed by atoms with Crippen molar-refractivity contribution in [3.63, 3.8) is 0 Å².